The molecule has 1 fully saturated rings. The average molecular weight is 264 g/mol. The molecule has 0 amide bonds. The number of fused-ring (bicyclic) bond motifs is 2. The lowest BCUT2D eigenvalue weighted by Gasteiger charge is -2.08. The predicted octanol–water partition coefficient (Wildman–Crippen LogP) is 2.74. The van der Waals surface area contributed by atoms with E-state index in [4.69, 9.17) is 0 Å². The van der Waals surface area contributed by atoms with Crippen molar-refractivity contribution in [3.8, 4) is 0 Å². The van der Waals surface area contributed by atoms with Crippen LogP contribution in [0.2, 0.25) is 0 Å². The molecule has 0 heterocycles. The van der Waals surface area contributed by atoms with Gasteiger partial charge in [-0.25, -0.2) is 9.79 Å². The first-order valence-corrected chi connectivity index (χ1v) is 5.91. The first-order chi connectivity index (χ1) is 7.26. The Hall–Kier alpha value is -0.920. The summed E-state index contributed by atoms with van der Waals surface area (Å²) >= 11 is 3.50. The third kappa shape index (κ3) is 1.23. The van der Waals surface area contributed by atoms with Gasteiger partial charge in [0.1, 0.15) is 0 Å². The van der Waals surface area contributed by atoms with Crippen LogP contribution in [0.25, 0.3) is 0 Å². The largest absolute Gasteiger partial charge is 0.235 e. The lowest BCUT2D eigenvalue weighted by atomic mass is 9.98. The number of nitrogens with zero attached hydrogens (tertiary/aromatic N) is 1. The normalized spacial score (nSPS) is 31.1. The second-order valence-electron chi connectivity index (χ2n) is 4.40. The van der Waals surface area contributed by atoms with E-state index in [2.05, 4.69) is 39.1 Å². The van der Waals surface area contributed by atoms with Crippen molar-refractivity contribution in [2.75, 3.05) is 0 Å². The molecule has 1 aromatic rings. The summed E-state index contributed by atoms with van der Waals surface area (Å²) in [5, 5.41) is 0. The maximum Gasteiger partial charge on any atom is 0.235 e. The summed E-state index contributed by atoms with van der Waals surface area (Å²) in [6.45, 7) is 0. The van der Waals surface area contributed by atoms with Crippen molar-refractivity contribution < 1.29 is 4.79 Å². The molecule has 15 heavy (non-hydrogen) atoms. The Labute approximate surface area is 96.5 Å². The lowest BCUT2D eigenvalue weighted by molar-refractivity contribution is 0.559. The zero-order valence-electron chi connectivity index (χ0n) is 8.16. The number of hydrogen-bond acceptors (Lipinski definition) is 2. The zero-order valence-corrected chi connectivity index (χ0v) is 9.75. The van der Waals surface area contributed by atoms with Gasteiger partial charge < -0.3 is 0 Å². The minimum atomic E-state index is 0.177. The highest BCUT2D eigenvalue weighted by atomic mass is 79.9. The Bertz CT molecular complexity index is 479. The summed E-state index contributed by atoms with van der Waals surface area (Å²) in [5.74, 6) is 0. The Morgan fingerprint density at radius 3 is 3.20 bits per heavy atom. The zero-order chi connectivity index (χ0) is 10.5. The minimum Gasteiger partial charge on any atom is -0.211 e. The van der Waals surface area contributed by atoms with E-state index in [1.54, 1.807) is 6.08 Å². The summed E-state index contributed by atoms with van der Waals surface area (Å²) in [5.41, 5.74) is 2.99. The van der Waals surface area contributed by atoms with Crippen LogP contribution in [0.4, 0.5) is 0 Å². The molecule has 3 heteroatoms. The van der Waals surface area contributed by atoms with E-state index in [9.17, 15) is 4.79 Å². The number of aliphatic imine (C=N–C) groups is 1. The van der Waals surface area contributed by atoms with Gasteiger partial charge in [0.25, 0.3) is 0 Å². The summed E-state index contributed by atoms with van der Waals surface area (Å²) < 4.78 is 1.11. The van der Waals surface area contributed by atoms with Crippen molar-refractivity contribution in [2.45, 2.75) is 30.7 Å². The molecule has 0 N–H and O–H groups in total. The van der Waals surface area contributed by atoms with Crippen LogP contribution in [0.15, 0.2) is 27.7 Å². The summed E-state index contributed by atoms with van der Waals surface area (Å²) in [4.78, 5) is 14.2. The summed E-state index contributed by atoms with van der Waals surface area (Å²) in [7, 11) is 0. The van der Waals surface area contributed by atoms with Crippen LogP contribution in [0.1, 0.15) is 24.0 Å². The van der Waals surface area contributed by atoms with Crippen molar-refractivity contribution in [1.29, 1.82) is 0 Å². The van der Waals surface area contributed by atoms with E-state index < -0.39 is 0 Å². The number of halogens is 1. The fourth-order valence-corrected chi connectivity index (χ4v) is 3.16. The maximum absolute atomic E-state index is 10.3. The molecular weight excluding hydrogens is 254 g/mol. The van der Waals surface area contributed by atoms with Gasteiger partial charge in [0.15, 0.2) is 0 Å². The van der Waals surface area contributed by atoms with E-state index in [1.165, 1.54) is 11.1 Å². The van der Waals surface area contributed by atoms with Gasteiger partial charge in [-0.3, -0.25) is 0 Å². The van der Waals surface area contributed by atoms with Gasteiger partial charge in [0.2, 0.25) is 6.08 Å². The fourth-order valence-electron chi connectivity index (χ4n) is 2.80. The Morgan fingerprint density at radius 1 is 1.53 bits per heavy atom. The second kappa shape index (κ2) is 3.03. The molecule has 0 saturated heterocycles. The molecule has 2 nitrogen and oxygen atoms in total. The van der Waals surface area contributed by atoms with Gasteiger partial charge in [-0.1, -0.05) is 22.0 Å². The van der Waals surface area contributed by atoms with Gasteiger partial charge >= 0.3 is 0 Å². The monoisotopic (exact) mass is 263 g/mol. The van der Waals surface area contributed by atoms with Crippen molar-refractivity contribution in [1.82, 2.24) is 0 Å². The smallest absolute Gasteiger partial charge is 0.211 e. The van der Waals surface area contributed by atoms with E-state index >= 15 is 0 Å². The Morgan fingerprint density at radius 2 is 2.40 bits per heavy atom. The highest BCUT2D eigenvalue weighted by Crippen LogP contribution is 2.58. The van der Waals surface area contributed by atoms with Crippen LogP contribution in [-0.4, -0.2) is 12.1 Å². The minimum absolute atomic E-state index is 0.177. The molecule has 3 rings (SSSR count). The number of carbonyl (C=O) groups excluding carboxylic acids is 1. The molecule has 0 unspecified atom stereocenters. The summed E-state index contributed by atoms with van der Waals surface area (Å²) in [6, 6.07) is 6.63. The van der Waals surface area contributed by atoms with Crippen molar-refractivity contribution in [2.24, 2.45) is 4.99 Å². The molecule has 2 aliphatic rings. The SMILES string of the molecule is O=C=N[C@@H]1C[C@]12CCc1ccc(Br)cc12. The van der Waals surface area contributed by atoms with E-state index in [0.29, 0.717) is 0 Å². The number of aryl methyl sites for hydroxylation is 1. The van der Waals surface area contributed by atoms with E-state index in [0.717, 1.165) is 23.7 Å². The molecule has 1 saturated carbocycles. The van der Waals surface area contributed by atoms with Crippen molar-refractivity contribution in [3.63, 3.8) is 0 Å². The van der Waals surface area contributed by atoms with Crippen LogP contribution < -0.4 is 0 Å². The van der Waals surface area contributed by atoms with Crippen LogP contribution >= 0.6 is 15.9 Å². The number of rotatable bonds is 1. The Balaban J connectivity index is 2.06. The highest BCUT2D eigenvalue weighted by Gasteiger charge is 2.58. The predicted molar refractivity (Wildman–Crippen MR) is 60.7 cm³/mol. The van der Waals surface area contributed by atoms with Gasteiger partial charge in [-0.05, 0) is 42.5 Å². The fraction of sp³-hybridized carbons (Fsp3) is 0.417. The number of benzene rings is 1. The lowest BCUT2D eigenvalue weighted by Crippen LogP contribution is -2.06. The molecular formula is C12H10BrNO. The molecule has 0 bridgehead atoms. The first-order valence-electron chi connectivity index (χ1n) is 5.12. The Kier molecular flexibility index (Phi) is 1.88. The van der Waals surface area contributed by atoms with Crippen molar-refractivity contribution in [3.05, 3.63) is 33.8 Å². The first kappa shape index (κ1) is 9.32. The average Bonchev–Trinajstić information content (AvgIpc) is 2.79. The molecule has 2 atom stereocenters. The number of hydrogen-bond donors (Lipinski definition) is 0. The molecule has 0 aromatic heterocycles. The van der Waals surface area contributed by atoms with E-state index in [1.807, 2.05) is 0 Å². The topological polar surface area (TPSA) is 29.4 Å². The van der Waals surface area contributed by atoms with Crippen LogP contribution in [-0.2, 0) is 16.6 Å². The third-order valence-electron chi connectivity index (χ3n) is 3.69. The van der Waals surface area contributed by atoms with Gasteiger partial charge in [-0.2, -0.15) is 0 Å². The van der Waals surface area contributed by atoms with Gasteiger partial charge in [-0.15, -0.1) is 0 Å². The van der Waals surface area contributed by atoms with Crippen LogP contribution in [0.3, 0.4) is 0 Å². The molecule has 2 aliphatic carbocycles. The number of isocyanates is 1. The summed E-state index contributed by atoms with van der Waals surface area (Å²) in [6.07, 6.45) is 4.96. The van der Waals surface area contributed by atoms with Gasteiger partial charge in [0, 0.05) is 9.89 Å². The van der Waals surface area contributed by atoms with Crippen molar-refractivity contribution >= 4 is 22.0 Å². The van der Waals surface area contributed by atoms with Crippen LogP contribution in [0.5, 0.6) is 0 Å². The van der Waals surface area contributed by atoms with Crippen LogP contribution in [0, 0.1) is 0 Å². The molecule has 76 valence electrons. The highest BCUT2D eigenvalue weighted by molar-refractivity contribution is 9.10. The standard InChI is InChI=1S/C12H10BrNO/c13-9-2-1-8-3-4-12(10(8)5-9)6-11(12)14-7-15/h1-2,5,11H,3-4,6H2/t11-,12+/m1/s1. The maximum atomic E-state index is 10.3. The molecule has 0 radical (unpaired) electrons. The molecule has 1 aromatic carbocycles. The molecule has 1 spiro atoms. The quantitative estimate of drug-likeness (QED) is 0.566. The van der Waals surface area contributed by atoms with Gasteiger partial charge in [0.05, 0.1) is 6.04 Å². The molecule has 0 aliphatic heterocycles. The van der Waals surface area contributed by atoms with E-state index in [-0.39, 0.29) is 11.5 Å². The second-order valence-corrected chi connectivity index (χ2v) is 5.31. The third-order valence-corrected chi connectivity index (χ3v) is 4.19.